The molecular weight excluding hydrogens is 306 g/mol. The molecule has 0 spiro atoms. The van der Waals surface area contributed by atoms with Crippen molar-refractivity contribution in [2.24, 2.45) is 5.92 Å². The van der Waals surface area contributed by atoms with E-state index >= 15 is 0 Å². The fraction of sp³-hybridized carbons (Fsp3) is 0.786. The number of carbonyl (C=O) groups is 1. The van der Waals surface area contributed by atoms with E-state index in [1.807, 2.05) is 13.8 Å². The van der Waals surface area contributed by atoms with Crippen LogP contribution in [0.1, 0.15) is 50.7 Å². The van der Waals surface area contributed by atoms with E-state index in [0.29, 0.717) is 43.9 Å². The Morgan fingerprint density at radius 1 is 1.45 bits per heavy atom. The van der Waals surface area contributed by atoms with Crippen LogP contribution < -0.4 is 5.32 Å². The van der Waals surface area contributed by atoms with Crippen LogP contribution >= 0.6 is 0 Å². The Bertz CT molecular complexity index is 609. The first kappa shape index (κ1) is 16.9. The normalized spacial score (nSPS) is 20.4. The topological polar surface area (TPSA) is 102 Å². The number of aryl methyl sites for hydroxylation is 1. The fourth-order valence-corrected chi connectivity index (χ4v) is 4.25. The Balaban J connectivity index is 1.63. The zero-order valence-electron chi connectivity index (χ0n) is 13.0. The van der Waals surface area contributed by atoms with Gasteiger partial charge in [0.15, 0.2) is 15.7 Å². The largest absolute Gasteiger partial charge is 0.356 e. The minimum absolute atomic E-state index is 0.0542. The molecule has 2 heterocycles. The summed E-state index contributed by atoms with van der Waals surface area (Å²) in [6, 6.07) is 0. The first-order valence-electron chi connectivity index (χ1n) is 7.65. The van der Waals surface area contributed by atoms with Crippen molar-refractivity contribution < 1.29 is 17.7 Å². The lowest BCUT2D eigenvalue weighted by molar-refractivity contribution is -0.121. The first-order chi connectivity index (χ1) is 10.4. The molecule has 1 amide bonds. The van der Waals surface area contributed by atoms with Crippen LogP contribution in [0.4, 0.5) is 0 Å². The highest BCUT2D eigenvalue weighted by atomic mass is 32.2. The first-order valence-corrected chi connectivity index (χ1v) is 9.47. The van der Waals surface area contributed by atoms with Gasteiger partial charge in [-0.15, -0.1) is 0 Å². The van der Waals surface area contributed by atoms with Crippen molar-refractivity contribution in [3.8, 4) is 0 Å². The molecule has 1 aromatic rings. The summed E-state index contributed by atoms with van der Waals surface area (Å²) in [5, 5.41) is 6.67. The van der Waals surface area contributed by atoms with E-state index in [2.05, 4.69) is 15.5 Å². The van der Waals surface area contributed by atoms with Crippen LogP contribution in [0, 0.1) is 5.92 Å². The third-order valence-corrected chi connectivity index (χ3v) is 5.55. The number of hydrogen-bond donors (Lipinski definition) is 1. The highest BCUT2D eigenvalue weighted by Gasteiger charge is 2.27. The average molecular weight is 329 g/mol. The highest BCUT2D eigenvalue weighted by Crippen LogP contribution is 2.17. The summed E-state index contributed by atoms with van der Waals surface area (Å²) >= 11 is 0. The van der Waals surface area contributed by atoms with Crippen molar-refractivity contribution in [2.75, 3.05) is 18.1 Å². The van der Waals surface area contributed by atoms with Crippen LogP contribution in [-0.2, 0) is 21.1 Å². The SMILES string of the molecule is CC(C)c1noc(CCCC(=O)NC[C@H]2CCS(=O)(=O)C2)n1. The summed E-state index contributed by atoms with van der Waals surface area (Å²) in [7, 11) is -2.88. The molecule has 0 aliphatic carbocycles. The third kappa shape index (κ3) is 5.08. The predicted octanol–water partition coefficient (Wildman–Crippen LogP) is 1.07. The maximum Gasteiger partial charge on any atom is 0.226 e. The van der Waals surface area contributed by atoms with Gasteiger partial charge in [-0.25, -0.2) is 8.42 Å². The van der Waals surface area contributed by atoms with Gasteiger partial charge in [-0.2, -0.15) is 4.98 Å². The molecule has 7 nitrogen and oxygen atoms in total. The molecule has 1 aromatic heterocycles. The lowest BCUT2D eigenvalue weighted by Gasteiger charge is -2.09. The lowest BCUT2D eigenvalue weighted by atomic mass is 10.1. The van der Waals surface area contributed by atoms with Gasteiger partial charge in [-0.3, -0.25) is 4.79 Å². The van der Waals surface area contributed by atoms with Crippen LogP contribution in [0.2, 0.25) is 0 Å². The summed E-state index contributed by atoms with van der Waals surface area (Å²) in [5.41, 5.74) is 0. The minimum Gasteiger partial charge on any atom is -0.356 e. The Morgan fingerprint density at radius 2 is 2.23 bits per heavy atom. The van der Waals surface area contributed by atoms with E-state index in [9.17, 15) is 13.2 Å². The molecule has 0 bridgehead atoms. The van der Waals surface area contributed by atoms with Gasteiger partial charge >= 0.3 is 0 Å². The number of nitrogens with zero attached hydrogens (tertiary/aromatic N) is 2. The molecule has 124 valence electrons. The van der Waals surface area contributed by atoms with E-state index in [0.717, 1.165) is 0 Å². The lowest BCUT2D eigenvalue weighted by Crippen LogP contribution is -2.29. The van der Waals surface area contributed by atoms with Crippen molar-refractivity contribution in [1.29, 1.82) is 0 Å². The number of hydrogen-bond acceptors (Lipinski definition) is 6. The number of carbonyl (C=O) groups excluding carboxylic acids is 1. The number of amides is 1. The van der Waals surface area contributed by atoms with Gasteiger partial charge in [0.05, 0.1) is 11.5 Å². The van der Waals surface area contributed by atoms with E-state index in [1.54, 1.807) is 0 Å². The van der Waals surface area contributed by atoms with Crippen LogP contribution in [0.3, 0.4) is 0 Å². The Kier molecular flexibility index (Phi) is 5.55. The summed E-state index contributed by atoms with van der Waals surface area (Å²) < 4.78 is 27.8. The predicted molar refractivity (Wildman–Crippen MR) is 81.1 cm³/mol. The van der Waals surface area contributed by atoms with Gasteiger partial charge < -0.3 is 9.84 Å². The maximum absolute atomic E-state index is 11.7. The molecule has 1 aliphatic heterocycles. The molecule has 0 radical (unpaired) electrons. The monoisotopic (exact) mass is 329 g/mol. The highest BCUT2D eigenvalue weighted by molar-refractivity contribution is 7.91. The van der Waals surface area contributed by atoms with E-state index in [1.165, 1.54) is 0 Å². The van der Waals surface area contributed by atoms with Crippen LogP contribution in [-0.4, -0.2) is 42.5 Å². The van der Waals surface area contributed by atoms with Crippen molar-refractivity contribution in [3.63, 3.8) is 0 Å². The zero-order chi connectivity index (χ0) is 16.2. The van der Waals surface area contributed by atoms with Crippen molar-refractivity contribution in [1.82, 2.24) is 15.5 Å². The molecular formula is C14H23N3O4S. The third-order valence-electron chi connectivity index (χ3n) is 3.71. The molecule has 1 N–H and O–H groups in total. The molecule has 1 atom stereocenters. The minimum atomic E-state index is -2.88. The summed E-state index contributed by atoms with van der Waals surface area (Å²) in [6.45, 7) is 4.42. The molecule has 22 heavy (non-hydrogen) atoms. The summed E-state index contributed by atoms with van der Waals surface area (Å²) in [4.78, 5) is 16.0. The van der Waals surface area contributed by atoms with Crippen molar-refractivity contribution >= 4 is 15.7 Å². The molecule has 1 aliphatic rings. The smallest absolute Gasteiger partial charge is 0.226 e. The molecule has 1 saturated heterocycles. The second-order valence-electron chi connectivity index (χ2n) is 6.13. The van der Waals surface area contributed by atoms with Gasteiger partial charge in [0, 0.05) is 25.3 Å². The van der Waals surface area contributed by atoms with Gasteiger partial charge in [-0.05, 0) is 18.8 Å². The molecule has 8 heteroatoms. The van der Waals surface area contributed by atoms with Gasteiger partial charge in [0.2, 0.25) is 11.8 Å². The molecule has 0 unspecified atom stereocenters. The maximum atomic E-state index is 11.7. The van der Waals surface area contributed by atoms with Crippen LogP contribution in [0.5, 0.6) is 0 Å². The second-order valence-corrected chi connectivity index (χ2v) is 8.36. The zero-order valence-corrected chi connectivity index (χ0v) is 13.9. The van der Waals surface area contributed by atoms with Crippen LogP contribution in [0.25, 0.3) is 0 Å². The molecule has 1 fully saturated rings. The fourth-order valence-electron chi connectivity index (χ4n) is 2.38. The van der Waals surface area contributed by atoms with Crippen molar-refractivity contribution in [2.45, 2.75) is 45.4 Å². The number of aromatic nitrogens is 2. The van der Waals surface area contributed by atoms with E-state index < -0.39 is 9.84 Å². The number of rotatable bonds is 7. The molecule has 0 aromatic carbocycles. The summed E-state index contributed by atoms with van der Waals surface area (Å²) in [5.74, 6) is 1.88. The Hall–Kier alpha value is -1.44. The van der Waals surface area contributed by atoms with Crippen LogP contribution in [0.15, 0.2) is 4.52 Å². The molecule has 2 rings (SSSR count). The van der Waals surface area contributed by atoms with Gasteiger partial charge in [0.1, 0.15) is 0 Å². The Labute approximate surface area is 130 Å². The van der Waals surface area contributed by atoms with Gasteiger partial charge in [0.25, 0.3) is 0 Å². The standard InChI is InChI=1S/C14H23N3O4S/c1-10(2)14-16-13(21-17-14)5-3-4-12(18)15-8-11-6-7-22(19,20)9-11/h10-11H,3-9H2,1-2H3,(H,15,18)/t11-/m1/s1. The van der Waals surface area contributed by atoms with E-state index in [4.69, 9.17) is 4.52 Å². The average Bonchev–Trinajstić information content (AvgIpc) is 3.03. The molecule has 0 saturated carbocycles. The second kappa shape index (κ2) is 7.21. The number of sulfone groups is 1. The Morgan fingerprint density at radius 3 is 2.82 bits per heavy atom. The number of nitrogens with one attached hydrogen (secondary N) is 1. The van der Waals surface area contributed by atoms with Crippen molar-refractivity contribution in [3.05, 3.63) is 11.7 Å². The van der Waals surface area contributed by atoms with Gasteiger partial charge in [-0.1, -0.05) is 19.0 Å². The quantitative estimate of drug-likeness (QED) is 0.802. The summed E-state index contributed by atoms with van der Waals surface area (Å²) in [6.07, 6.45) is 2.22. The van der Waals surface area contributed by atoms with E-state index in [-0.39, 0.29) is 29.2 Å².